The van der Waals surface area contributed by atoms with Crippen molar-refractivity contribution in [1.82, 2.24) is 4.98 Å². The second kappa shape index (κ2) is 5.63. The Hall–Kier alpha value is -1.88. The van der Waals surface area contributed by atoms with Gasteiger partial charge in [-0.1, -0.05) is 18.2 Å². The van der Waals surface area contributed by atoms with E-state index in [1.807, 2.05) is 13.0 Å². The summed E-state index contributed by atoms with van der Waals surface area (Å²) in [5, 5.41) is 10.0. The maximum atomic E-state index is 12.4. The van der Waals surface area contributed by atoms with Crippen LogP contribution in [0.25, 0.3) is 0 Å². The van der Waals surface area contributed by atoms with Gasteiger partial charge >= 0.3 is 6.18 Å². The molecule has 1 atom stereocenters. The van der Waals surface area contributed by atoms with Crippen molar-refractivity contribution < 1.29 is 18.3 Å². The van der Waals surface area contributed by atoms with Crippen molar-refractivity contribution in [3.63, 3.8) is 0 Å². The summed E-state index contributed by atoms with van der Waals surface area (Å²) >= 11 is 0. The third-order valence-corrected chi connectivity index (χ3v) is 3.00. The van der Waals surface area contributed by atoms with Gasteiger partial charge < -0.3 is 5.11 Å². The number of rotatable bonds is 3. The zero-order chi connectivity index (χ0) is 14.8. The van der Waals surface area contributed by atoms with Crippen LogP contribution in [0.4, 0.5) is 13.2 Å². The maximum absolute atomic E-state index is 12.4. The van der Waals surface area contributed by atoms with E-state index in [1.165, 1.54) is 12.1 Å². The highest BCUT2D eigenvalue weighted by Crippen LogP contribution is 2.30. The Balaban J connectivity index is 2.09. The molecule has 1 unspecified atom stereocenters. The predicted molar refractivity (Wildman–Crippen MR) is 69.1 cm³/mol. The van der Waals surface area contributed by atoms with Crippen LogP contribution in [0.15, 0.2) is 42.6 Å². The van der Waals surface area contributed by atoms with Crippen molar-refractivity contribution in [2.24, 2.45) is 0 Å². The van der Waals surface area contributed by atoms with Crippen LogP contribution in [0.2, 0.25) is 0 Å². The zero-order valence-electron chi connectivity index (χ0n) is 10.9. The second-order valence-electron chi connectivity index (χ2n) is 4.67. The molecule has 0 amide bonds. The lowest BCUT2D eigenvalue weighted by molar-refractivity contribution is -0.137. The third-order valence-electron chi connectivity index (χ3n) is 3.00. The first kappa shape index (κ1) is 14.5. The minimum absolute atomic E-state index is 0.269. The highest BCUT2D eigenvalue weighted by molar-refractivity contribution is 5.27. The van der Waals surface area contributed by atoms with E-state index < -0.39 is 17.8 Å². The maximum Gasteiger partial charge on any atom is 0.416 e. The Labute approximate surface area is 114 Å². The third kappa shape index (κ3) is 3.57. The van der Waals surface area contributed by atoms with Gasteiger partial charge in [-0.3, -0.25) is 4.98 Å². The van der Waals surface area contributed by atoms with Crippen molar-refractivity contribution in [3.05, 3.63) is 65.0 Å². The van der Waals surface area contributed by atoms with Gasteiger partial charge in [0, 0.05) is 18.3 Å². The van der Waals surface area contributed by atoms with E-state index in [0.29, 0.717) is 11.3 Å². The molecule has 2 aromatic rings. The first-order chi connectivity index (χ1) is 9.36. The quantitative estimate of drug-likeness (QED) is 0.930. The van der Waals surface area contributed by atoms with E-state index in [2.05, 4.69) is 4.98 Å². The van der Waals surface area contributed by atoms with Crippen molar-refractivity contribution in [2.45, 2.75) is 25.6 Å². The first-order valence-electron chi connectivity index (χ1n) is 6.13. The fourth-order valence-corrected chi connectivity index (χ4v) is 1.83. The molecular weight excluding hydrogens is 267 g/mol. The standard InChI is InChI=1S/C15H14F3NO/c1-10-2-7-13(19-9-10)8-14(20)11-3-5-12(6-4-11)15(16,17)18/h2-7,9,14,20H,8H2,1H3. The molecule has 0 saturated heterocycles. The van der Waals surface area contributed by atoms with Crippen LogP contribution in [0.1, 0.15) is 28.5 Å². The fourth-order valence-electron chi connectivity index (χ4n) is 1.83. The van der Waals surface area contributed by atoms with Gasteiger partial charge in [0.05, 0.1) is 11.7 Å². The lowest BCUT2D eigenvalue weighted by atomic mass is 10.0. The second-order valence-corrected chi connectivity index (χ2v) is 4.67. The minimum atomic E-state index is -4.36. The van der Waals surface area contributed by atoms with Crippen LogP contribution < -0.4 is 0 Å². The van der Waals surface area contributed by atoms with Gasteiger partial charge in [0.25, 0.3) is 0 Å². The molecule has 0 fully saturated rings. The summed E-state index contributed by atoms with van der Waals surface area (Å²) < 4.78 is 37.3. The molecule has 0 saturated carbocycles. The number of benzene rings is 1. The topological polar surface area (TPSA) is 33.1 Å². The van der Waals surface area contributed by atoms with E-state index in [1.54, 1.807) is 12.3 Å². The average molecular weight is 281 g/mol. The normalized spacial score (nSPS) is 13.2. The SMILES string of the molecule is Cc1ccc(CC(O)c2ccc(C(F)(F)F)cc2)nc1. The highest BCUT2D eigenvalue weighted by Gasteiger charge is 2.30. The number of alkyl halides is 3. The lowest BCUT2D eigenvalue weighted by Crippen LogP contribution is -2.07. The number of aryl methyl sites for hydroxylation is 1. The van der Waals surface area contributed by atoms with Gasteiger partial charge in [-0.05, 0) is 36.2 Å². The first-order valence-corrected chi connectivity index (χ1v) is 6.13. The zero-order valence-corrected chi connectivity index (χ0v) is 10.9. The van der Waals surface area contributed by atoms with Crippen LogP contribution in [0.3, 0.4) is 0 Å². The molecule has 0 aliphatic heterocycles. The van der Waals surface area contributed by atoms with E-state index in [4.69, 9.17) is 0 Å². The molecule has 20 heavy (non-hydrogen) atoms. The van der Waals surface area contributed by atoms with Crippen LogP contribution in [0.5, 0.6) is 0 Å². The molecule has 1 N–H and O–H groups in total. The number of nitrogens with zero attached hydrogens (tertiary/aromatic N) is 1. The number of aliphatic hydroxyl groups is 1. The van der Waals surface area contributed by atoms with Crippen molar-refractivity contribution in [3.8, 4) is 0 Å². The predicted octanol–water partition coefficient (Wildman–Crippen LogP) is 3.68. The molecule has 1 aromatic carbocycles. The Morgan fingerprint density at radius 3 is 2.25 bits per heavy atom. The fraction of sp³-hybridized carbons (Fsp3) is 0.267. The van der Waals surface area contributed by atoms with Gasteiger partial charge in [0.15, 0.2) is 0 Å². The number of hydrogen-bond donors (Lipinski definition) is 1. The Morgan fingerprint density at radius 2 is 1.75 bits per heavy atom. The molecule has 1 heterocycles. The largest absolute Gasteiger partial charge is 0.416 e. The molecule has 0 aliphatic rings. The van der Waals surface area contributed by atoms with Gasteiger partial charge in [0.1, 0.15) is 0 Å². The minimum Gasteiger partial charge on any atom is -0.388 e. The van der Waals surface area contributed by atoms with Crippen LogP contribution in [-0.2, 0) is 12.6 Å². The molecule has 106 valence electrons. The Bertz CT molecular complexity index is 561. The van der Waals surface area contributed by atoms with Gasteiger partial charge in [-0.15, -0.1) is 0 Å². The summed E-state index contributed by atoms with van der Waals surface area (Å²) in [7, 11) is 0. The molecule has 5 heteroatoms. The van der Waals surface area contributed by atoms with Gasteiger partial charge in [-0.25, -0.2) is 0 Å². The van der Waals surface area contributed by atoms with Crippen LogP contribution in [0, 0.1) is 6.92 Å². The summed E-state index contributed by atoms with van der Waals surface area (Å²) in [5.74, 6) is 0. The van der Waals surface area contributed by atoms with Gasteiger partial charge in [-0.2, -0.15) is 13.2 Å². The Morgan fingerprint density at radius 1 is 1.10 bits per heavy atom. The number of aromatic nitrogens is 1. The Kier molecular flexibility index (Phi) is 4.09. The molecule has 2 nitrogen and oxygen atoms in total. The highest BCUT2D eigenvalue weighted by atomic mass is 19.4. The average Bonchev–Trinajstić information content (AvgIpc) is 2.40. The van der Waals surface area contributed by atoms with E-state index in [-0.39, 0.29) is 6.42 Å². The van der Waals surface area contributed by atoms with Crippen molar-refractivity contribution in [1.29, 1.82) is 0 Å². The molecule has 0 aliphatic carbocycles. The molecule has 2 rings (SSSR count). The summed E-state index contributed by atoms with van der Waals surface area (Å²) in [6, 6.07) is 8.20. The number of aliphatic hydroxyl groups excluding tert-OH is 1. The summed E-state index contributed by atoms with van der Waals surface area (Å²) in [5.41, 5.74) is 1.43. The van der Waals surface area contributed by atoms with Crippen LogP contribution in [-0.4, -0.2) is 10.1 Å². The monoisotopic (exact) mass is 281 g/mol. The van der Waals surface area contributed by atoms with E-state index in [9.17, 15) is 18.3 Å². The summed E-state index contributed by atoms with van der Waals surface area (Å²) in [6.07, 6.45) is -3.27. The molecule has 0 radical (unpaired) electrons. The number of pyridine rings is 1. The molecule has 0 spiro atoms. The molecule has 0 bridgehead atoms. The van der Waals surface area contributed by atoms with E-state index >= 15 is 0 Å². The molecular formula is C15H14F3NO. The van der Waals surface area contributed by atoms with Crippen molar-refractivity contribution >= 4 is 0 Å². The lowest BCUT2D eigenvalue weighted by Gasteiger charge is -2.12. The smallest absolute Gasteiger partial charge is 0.388 e. The summed E-state index contributed by atoms with van der Waals surface area (Å²) in [4.78, 5) is 4.16. The van der Waals surface area contributed by atoms with Crippen LogP contribution >= 0.6 is 0 Å². The van der Waals surface area contributed by atoms with E-state index in [0.717, 1.165) is 17.7 Å². The van der Waals surface area contributed by atoms with Gasteiger partial charge in [0.2, 0.25) is 0 Å². The van der Waals surface area contributed by atoms with Crippen molar-refractivity contribution in [2.75, 3.05) is 0 Å². The number of hydrogen-bond acceptors (Lipinski definition) is 2. The molecule has 1 aromatic heterocycles. The summed E-state index contributed by atoms with van der Waals surface area (Å²) in [6.45, 7) is 1.91. The number of halogens is 3.